The Morgan fingerprint density at radius 1 is 1.16 bits per heavy atom. The third kappa shape index (κ3) is 3.82. The zero-order valence-electron chi connectivity index (χ0n) is 14.2. The number of para-hydroxylation sites is 2. The maximum absolute atomic E-state index is 12.5. The van der Waals surface area contributed by atoms with Crippen LogP contribution in [0.1, 0.15) is 6.92 Å². The number of methoxy groups -OCH3 is 1. The van der Waals surface area contributed by atoms with Crippen LogP contribution in [0.4, 0.5) is 0 Å². The van der Waals surface area contributed by atoms with Crippen molar-refractivity contribution >= 4 is 32.6 Å². The molecule has 0 aliphatic heterocycles. The number of ether oxygens (including phenoxy) is 1. The number of nitrogens with zero attached hydrogens (tertiary/aromatic N) is 2. The highest BCUT2D eigenvalue weighted by atomic mass is 32.2. The van der Waals surface area contributed by atoms with Crippen molar-refractivity contribution in [2.24, 2.45) is 0 Å². The first-order valence-electron chi connectivity index (χ1n) is 8.00. The van der Waals surface area contributed by atoms with Gasteiger partial charge in [-0.2, -0.15) is 0 Å². The molecule has 0 fully saturated rings. The summed E-state index contributed by atoms with van der Waals surface area (Å²) in [6, 6.07) is 14.5. The molecule has 5 nitrogen and oxygen atoms in total. The predicted octanol–water partition coefficient (Wildman–Crippen LogP) is 3.63. The average molecular weight is 377 g/mol. The summed E-state index contributed by atoms with van der Waals surface area (Å²) in [7, 11) is -1.83. The Balaban J connectivity index is 1.74. The van der Waals surface area contributed by atoms with Crippen LogP contribution in [0.2, 0.25) is 0 Å². The first-order valence-corrected chi connectivity index (χ1v) is 10.6. The van der Waals surface area contributed by atoms with Crippen molar-refractivity contribution in [2.45, 2.75) is 23.5 Å². The van der Waals surface area contributed by atoms with Gasteiger partial charge in [-0.3, -0.25) is 0 Å². The van der Waals surface area contributed by atoms with E-state index in [2.05, 4.69) is 16.5 Å². The molecule has 0 radical (unpaired) electrons. The SMILES string of the molecule is CCn1c(SCCS(=O)(=O)c2cccc(OC)c2)nc2ccccc21. The van der Waals surface area contributed by atoms with Gasteiger partial charge in [0.05, 0.1) is 28.8 Å². The summed E-state index contributed by atoms with van der Waals surface area (Å²) in [6.07, 6.45) is 0. The van der Waals surface area contributed by atoms with Crippen LogP contribution in [-0.2, 0) is 16.4 Å². The van der Waals surface area contributed by atoms with E-state index < -0.39 is 9.84 Å². The van der Waals surface area contributed by atoms with E-state index in [0.29, 0.717) is 11.5 Å². The lowest BCUT2D eigenvalue weighted by atomic mass is 10.3. The largest absolute Gasteiger partial charge is 0.497 e. The van der Waals surface area contributed by atoms with Crippen LogP contribution >= 0.6 is 11.8 Å². The monoisotopic (exact) mass is 376 g/mol. The van der Waals surface area contributed by atoms with Crippen molar-refractivity contribution in [3.8, 4) is 5.75 Å². The molecule has 132 valence electrons. The molecule has 0 spiro atoms. The van der Waals surface area contributed by atoms with Gasteiger partial charge >= 0.3 is 0 Å². The Morgan fingerprint density at radius 3 is 2.72 bits per heavy atom. The molecule has 25 heavy (non-hydrogen) atoms. The molecular weight excluding hydrogens is 356 g/mol. The standard InChI is InChI=1S/C18H20N2O3S2/c1-3-20-17-10-5-4-9-16(17)19-18(20)24-11-12-25(21,22)15-8-6-7-14(13-15)23-2/h4-10,13H,3,11-12H2,1-2H3. The van der Waals surface area contributed by atoms with Gasteiger partial charge in [-0.1, -0.05) is 30.0 Å². The summed E-state index contributed by atoms with van der Waals surface area (Å²) < 4.78 is 32.3. The van der Waals surface area contributed by atoms with Crippen LogP contribution < -0.4 is 4.74 Å². The second-order valence-electron chi connectivity index (χ2n) is 5.47. The molecular formula is C18H20N2O3S2. The van der Waals surface area contributed by atoms with E-state index in [9.17, 15) is 8.42 Å². The molecule has 0 unspecified atom stereocenters. The van der Waals surface area contributed by atoms with E-state index >= 15 is 0 Å². The van der Waals surface area contributed by atoms with Crippen molar-refractivity contribution in [3.05, 3.63) is 48.5 Å². The van der Waals surface area contributed by atoms with E-state index in [1.807, 2.05) is 24.3 Å². The van der Waals surface area contributed by atoms with Gasteiger partial charge < -0.3 is 9.30 Å². The number of rotatable bonds is 7. The zero-order chi connectivity index (χ0) is 17.9. The Morgan fingerprint density at radius 2 is 1.96 bits per heavy atom. The summed E-state index contributed by atoms with van der Waals surface area (Å²) in [5.41, 5.74) is 2.01. The Kier molecular flexibility index (Phi) is 5.34. The summed E-state index contributed by atoms with van der Waals surface area (Å²) >= 11 is 1.47. The number of fused-ring (bicyclic) bond motifs is 1. The third-order valence-corrected chi connectivity index (χ3v) is 6.87. The number of thioether (sulfide) groups is 1. The number of hydrogen-bond donors (Lipinski definition) is 0. The lowest BCUT2D eigenvalue weighted by molar-refractivity contribution is 0.413. The van der Waals surface area contributed by atoms with Crippen molar-refractivity contribution in [3.63, 3.8) is 0 Å². The normalized spacial score (nSPS) is 11.8. The molecule has 0 bridgehead atoms. The molecule has 0 atom stereocenters. The second kappa shape index (κ2) is 7.49. The zero-order valence-corrected chi connectivity index (χ0v) is 15.8. The van der Waals surface area contributed by atoms with E-state index in [4.69, 9.17) is 4.74 Å². The summed E-state index contributed by atoms with van der Waals surface area (Å²) in [5, 5.41) is 0.851. The van der Waals surface area contributed by atoms with E-state index in [1.165, 1.54) is 18.9 Å². The van der Waals surface area contributed by atoms with Gasteiger partial charge in [0.1, 0.15) is 5.75 Å². The highest BCUT2D eigenvalue weighted by Crippen LogP contribution is 2.25. The lowest BCUT2D eigenvalue weighted by Crippen LogP contribution is -2.09. The van der Waals surface area contributed by atoms with Gasteiger partial charge in [-0.15, -0.1) is 0 Å². The summed E-state index contributed by atoms with van der Waals surface area (Å²) in [5.74, 6) is 1.04. The molecule has 3 rings (SSSR count). The molecule has 0 aliphatic rings. The highest BCUT2D eigenvalue weighted by molar-refractivity contribution is 8.00. The van der Waals surface area contributed by atoms with Crippen LogP contribution in [-0.4, -0.2) is 36.6 Å². The molecule has 0 N–H and O–H groups in total. The fraction of sp³-hybridized carbons (Fsp3) is 0.278. The first-order chi connectivity index (χ1) is 12.0. The van der Waals surface area contributed by atoms with Crippen LogP contribution in [0.3, 0.4) is 0 Å². The van der Waals surface area contributed by atoms with Crippen molar-refractivity contribution in [1.82, 2.24) is 9.55 Å². The Bertz CT molecular complexity index is 981. The number of aryl methyl sites for hydroxylation is 1. The van der Waals surface area contributed by atoms with Gasteiger partial charge in [0.25, 0.3) is 0 Å². The molecule has 1 aromatic heterocycles. The van der Waals surface area contributed by atoms with Crippen molar-refractivity contribution in [2.75, 3.05) is 18.6 Å². The highest BCUT2D eigenvalue weighted by Gasteiger charge is 2.16. The average Bonchev–Trinajstić information content (AvgIpc) is 2.99. The fourth-order valence-corrected chi connectivity index (χ4v) is 5.38. The van der Waals surface area contributed by atoms with Gasteiger partial charge in [0.2, 0.25) is 0 Å². The van der Waals surface area contributed by atoms with Gasteiger partial charge in [-0.05, 0) is 37.3 Å². The van der Waals surface area contributed by atoms with E-state index in [1.54, 1.807) is 24.3 Å². The maximum Gasteiger partial charge on any atom is 0.179 e. The minimum Gasteiger partial charge on any atom is -0.497 e. The van der Waals surface area contributed by atoms with Crippen molar-refractivity contribution < 1.29 is 13.2 Å². The van der Waals surface area contributed by atoms with Crippen LogP contribution in [0, 0.1) is 0 Å². The Labute approximate surface area is 151 Å². The van der Waals surface area contributed by atoms with Gasteiger partial charge in [0.15, 0.2) is 15.0 Å². The number of hydrogen-bond acceptors (Lipinski definition) is 5. The van der Waals surface area contributed by atoms with Gasteiger partial charge in [0, 0.05) is 12.3 Å². The Hall–Kier alpha value is -1.99. The molecule has 0 saturated heterocycles. The third-order valence-electron chi connectivity index (χ3n) is 3.92. The molecule has 0 saturated carbocycles. The molecule has 1 heterocycles. The fourth-order valence-electron chi connectivity index (χ4n) is 2.62. The van der Waals surface area contributed by atoms with Crippen LogP contribution in [0.25, 0.3) is 11.0 Å². The first kappa shape index (κ1) is 17.8. The van der Waals surface area contributed by atoms with E-state index in [0.717, 1.165) is 22.7 Å². The molecule has 7 heteroatoms. The molecule has 0 aliphatic carbocycles. The summed E-state index contributed by atoms with van der Waals surface area (Å²) in [6.45, 7) is 2.86. The smallest absolute Gasteiger partial charge is 0.179 e. The van der Waals surface area contributed by atoms with Crippen LogP contribution in [0.15, 0.2) is 58.6 Å². The minimum atomic E-state index is -3.35. The molecule has 3 aromatic rings. The maximum atomic E-state index is 12.5. The predicted molar refractivity (Wildman–Crippen MR) is 101 cm³/mol. The van der Waals surface area contributed by atoms with Gasteiger partial charge in [-0.25, -0.2) is 13.4 Å². The van der Waals surface area contributed by atoms with Crippen molar-refractivity contribution in [1.29, 1.82) is 0 Å². The molecule has 0 amide bonds. The second-order valence-corrected chi connectivity index (χ2v) is 8.64. The lowest BCUT2D eigenvalue weighted by Gasteiger charge is -2.07. The topological polar surface area (TPSA) is 61.2 Å². The number of benzene rings is 2. The van der Waals surface area contributed by atoms with Crippen LogP contribution in [0.5, 0.6) is 5.75 Å². The molecule has 2 aromatic carbocycles. The summed E-state index contributed by atoms with van der Waals surface area (Å²) in [4.78, 5) is 4.90. The number of sulfone groups is 1. The number of aromatic nitrogens is 2. The van der Waals surface area contributed by atoms with E-state index in [-0.39, 0.29) is 10.6 Å². The quantitative estimate of drug-likeness (QED) is 0.589. The number of imidazole rings is 1. The minimum absolute atomic E-state index is 0.0533.